The van der Waals surface area contributed by atoms with E-state index in [-0.39, 0.29) is 10.8 Å². The maximum absolute atomic E-state index is 13.0. The van der Waals surface area contributed by atoms with Gasteiger partial charge in [0, 0.05) is 68.2 Å². The minimum absolute atomic E-state index is 0.183. The van der Waals surface area contributed by atoms with Gasteiger partial charge in [0.2, 0.25) is 5.95 Å². The predicted octanol–water partition coefficient (Wildman–Crippen LogP) is 6.98. The van der Waals surface area contributed by atoms with Crippen LogP contribution in [0.4, 0.5) is 23.0 Å². The summed E-state index contributed by atoms with van der Waals surface area (Å²) in [6.07, 6.45) is 2.25. The molecule has 2 aromatic heterocycles. The van der Waals surface area contributed by atoms with E-state index in [1.54, 1.807) is 67.1 Å². The lowest BCUT2D eigenvalue weighted by Gasteiger charge is -2.36. The van der Waals surface area contributed by atoms with Crippen molar-refractivity contribution >= 4 is 44.4 Å². The minimum Gasteiger partial charge on any atom is -0.495 e. The Balaban J connectivity index is 1.26. The SMILES string of the molecule is COc1ccc(Nc2nccc(-c3sc(C(C)C)nc3-c3cccc(NS(=O)(=O)c4ccccc4)c3)n2)cc1N1CCN(CCC#N)CC1. The largest absolute Gasteiger partial charge is 0.495 e. The molecule has 3 aromatic carbocycles. The third kappa shape index (κ3) is 8.00. The molecule has 252 valence electrons. The van der Waals surface area contributed by atoms with E-state index in [0.717, 1.165) is 71.0 Å². The van der Waals surface area contributed by atoms with E-state index in [9.17, 15) is 8.42 Å². The van der Waals surface area contributed by atoms with Crippen LogP contribution < -0.4 is 19.7 Å². The van der Waals surface area contributed by atoms with E-state index in [1.807, 2.05) is 30.3 Å². The first-order valence-corrected chi connectivity index (χ1v) is 18.4. The molecule has 1 saturated heterocycles. The molecular formula is C36H38N8O3S2. The highest BCUT2D eigenvalue weighted by atomic mass is 32.2. The molecule has 0 radical (unpaired) electrons. The van der Waals surface area contributed by atoms with Crippen molar-refractivity contribution in [2.24, 2.45) is 0 Å². The Kier molecular flexibility index (Phi) is 10.4. The van der Waals surface area contributed by atoms with E-state index in [0.29, 0.717) is 23.8 Å². The number of ether oxygens (including phenoxy) is 1. The number of anilines is 4. The first kappa shape index (κ1) is 33.9. The maximum Gasteiger partial charge on any atom is 0.261 e. The van der Waals surface area contributed by atoms with Crippen LogP contribution in [0.3, 0.4) is 0 Å². The molecule has 0 unspecified atom stereocenters. The van der Waals surface area contributed by atoms with Gasteiger partial charge in [0.05, 0.1) is 45.0 Å². The first-order valence-electron chi connectivity index (χ1n) is 16.1. The molecule has 11 nitrogen and oxygen atoms in total. The topological polar surface area (TPSA) is 136 Å². The molecular weight excluding hydrogens is 657 g/mol. The van der Waals surface area contributed by atoms with Gasteiger partial charge < -0.3 is 15.0 Å². The summed E-state index contributed by atoms with van der Waals surface area (Å²) in [5.41, 5.74) is 4.44. The first-order chi connectivity index (χ1) is 23.7. The Morgan fingerprint density at radius 3 is 2.49 bits per heavy atom. The molecule has 2 N–H and O–H groups in total. The number of thiazole rings is 1. The van der Waals surface area contributed by atoms with Gasteiger partial charge in [-0.05, 0) is 48.5 Å². The Morgan fingerprint density at radius 1 is 0.959 bits per heavy atom. The number of benzene rings is 3. The Morgan fingerprint density at radius 2 is 1.76 bits per heavy atom. The number of hydrogen-bond acceptors (Lipinski definition) is 11. The molecule has 0 aliphatic carbocycles. The second kappa shape index (κ2) is 15.0. The maximum atomic E-state index is 13.0. The molecule has 13 heteroatoms. The number of piperazine rings is 1. The lowest BCUT2D eigenvalue weighted by molar-refractivity contribution is 0.262. The van der Waals surface area contributed by atoms with E-state index < -0.39 is 10.0 Å². The highest BCUT2D eigenvalue weighted by Crippen LogP contribution is 2.40. The van der Waals surface area contributed by atoms with Crippen LogP contribution in [0, 0.1) is 11.3 Å². The van der Waals surface area contributed by atoms with Crippen LogP contribution in [-0.4, -0.2) is 68.1 Å². The highest BCUT2D eigenvalue weighted by molar-refractivity contribution is 7.92. The third-order valence-electron chi connectivity index (χ3n) is 8.16. The Hall–Kier alpha value is -5.03. The zero-order chi connectivity index (χ0) is 34.4. The molecule has 0 atom stereocenters. The van der Waals surface area contributed by atoms with Crippen LogP contribution in [0.15, 0.2) is 90.0 Å². The molecule has 6 rings (SSSR count). The molecule has 5 aromatic rings. The normalized spacial score (nSPS) is 13.7. The van der Waals surface area contributed by atoms with Crippen molar-refractivity contribution in [3.05, 3.63) is 90.1 Å². The number of aromatic nitrogens is 3. The van der Waals surface area contributed by atoms with Crippen molar-refractivity contribution in [2.45, 2.75) is 31.1 Å². The smallest absolute Gasteiger partial charge is 0.261 e. The molecule has 1 aliphatic rings. The summed E-state index contributed by atoms with van der Waals surface area (Å²) in [7, 11) is -2.09. The van der Waals surface area contributed by atoms with Gasteiger partial charge in [0.25, 0.3) is 10.0 Å². The molecule has 1 fully saturated rings. The van der Waals surface area contributed by atoms with Crippen molar-refractivity contribution in [1.82, 2.24) is 19.9 Å². The van der Waals surface area contributed by atoms with Gasteiger partial charge in [-0.25, -0.2) is 23.4 Å². The second-order valence-electron chi connectivity index (χ2n) is 11.9. The van der Waals surface area contributed by atoms with Gasteiger partial charge in [-0.1, -0.05) is 44.2 Å². The quantitative estimate of drug-likeness (QED) is 0.141. The van der Waals surface area contributed by atoms with E-state index >= 15 is 0 Å². The number of nitrogens with one attached hydrogen (secondary N) is 2. The van der Waals surface area contributed by atoms with Crippen LogP contribution in [0.1, 0.15) is 31.2 Å². The van der Waals surface area contributed by atoms with Crippen LogP contribution >= 0.6 is 11.3 Å². The fourth-order valence-corrected chi connectivity index (χ4v) is 7.74. The lowest BCUT2D eigenvalue weighted by Crippen LogP contribution is -2.46. The average Bonchev–Trinajstić information content (AvgIpc) is 3.58. The lowest BCUT2D eigenvalue weighted by atomic mass is 10.1. The van der Waals surface area contributed by atoms with Crippen molar-refractivity contribution in [3.63, 3.8) is 0 Å². The summed E-state index contributed by atoms with van der Waals surface area (Å²) >= 11 is 1.56. The summed E-state index contributed by atoms with van der Waals surface area (Å²) in [6.45, 7) is 8.40. The van der Waals surface area contributed by atoms with Crippen molar-refractivity contribution in [3.8, 4) is 33.6 Å². The highest BCUT2D eigenvalue weighted by Gasteiger charge is 2.22. The van der Waals surface area contributed by atoms with Crippen LogP contribution in [0.5, 0.6) is 5.75 Å². The zero-order valence-electron chi connectivity index (χ0n) is 27.6. The van der Waals surface area contributed by atoms with Crippen molar-refractivity contribution in [2.75, 3.05) is 54.8 Å². The molecule has 0 spiro atoms. The molecule has 3 heterocycles. The number of rotatable bonds is 12. The standard InChI is InChI=1S/C36H38N8O3S2/c1-25(2)35-41-33(26-9-7-10-28(23-26)42-49(45,46)29-11-5-4-6-12-29)34(48-35)30-15-17-38-36(40-30)39-27-13-14-32(47-3)31(24-27)44-21-19-43(20-22-44)18-8-16-37/h4-7,9-15,17,23-25,42H,8,18-22H2,1-3H3,(H,38,39,40). The zero-order valence-corrected chi connectivity index (χ0v) is 29.3. The molecule has 1 aliphatic heterocycles. The van der Waals surface area contributed by atoms with Gasteiger partial charge in [0.1, 0.15) is 5.75 Å². The van der Waals surface area contributed by atoms with Crippen LogP contribution in [-0.2, 0) is 10.0 Å². The minimum atomic E-state index is -3.76. The van der Waals surface area contributed by atoms with Gasteiger partial charge in [-0.3, -0.25) is 9.62 Å². The number of nitriles is 1. The summed E-state index contributed by atoms with van der Waals surface area (Å²) in [6, 6.07) is 25.6. The molecule has 0 saturated carbocycles. The van der Waals surface area contributed by atoms with Crippen molar-refractivity contribution in [1.29, 1.82) is 5.26 Å². The molecule has 0 amide bonds. The summed E-state index contributed by atoms with van der Waals surface area (Å²) in [5.74, 6) is 1.40. The van der Waals surface area contributed by atoms with E-state index in [1.165, 1.54) is 0 Å². The number of nitrogens with zero attached hydrogens (tertiary/aromatic N) is 6. The monoisotopic (exact) mass is 694 g/mol. The summed E-state index contributed by atoms with van der Waals surface area (Å²) in [5, 5.41) is 13.3. The summed E-state index contributed by atoms with van der Waals surface area (Å²) < 4.78 is 34.5. The van der Waals surface area contributed by atoms with Crippen LogP contribution in [0.25, 0.3) is 21.8 Å². The van der Waals surface area contributed by atoms with Gasteiger partial charge >= 0.3 is 0 Å². The molecule has 49 heavy (non-hydrogen) atoms. The predicted molar refractivity (Wildman–Crippen MR) is 195 cm³/mol. The van der Waals surface area contributed by atoms with Crippen molar-refractivity contribution < 1.29 is 13.2 Å². The number of sulfonamides is 1. The van der Waals surface area contributed by atoms with E-state index in [4.69, 9.17) is 20.0 Å². The van der Waals surface area contributed by atoms with Gasteiger partial charge in [-0.2, -0.15) is 5.26 Å². The second-order valence-corrected chi connectivity index (χ2v) is 14.6. The Bertz CT molecular complexity index is 2050. The number of methoxy groups -OCH3 is 1. The fraction of sp³-hybridized carbons (Fsp3) is 0.278. The average molecular weight is 695 g/mol. The molecule has 0 bridgehead atoms. The third-order valence-corrected chi connectivity index (χ3v) is 10.9. The van der Waals surface area contributed by atoms with Gasteiger partial charge in [0.15, 0.2) is 0 Å². The Labute approximate surface area is 291 Å². The summed E-state index contributed by atoms with van der Waals surface area (Å²) in [4.78, 5) is 20.1. The fourth-order valence-electron chi connectivity index (χ4n) is 5.61. The van der Waals surface area contributed by atoms with Gasteiger partial charge in [-0.15, -0.1) is 11.3 Å². The van der Waals surface area contributed by atoms with E-state index in [2.05, 4.69) is 50.8 Å². The van der Waals surface area contributed by atoms with Crippen LogP contribution in [0.2, 0.25) is 0 Å². The number of hydrogen-bond donors (Lipinski definition) is 2.